The zero-order chi connectivity index (χ0) is 19.2. The number of anilines is 3. The van der Waals surface area contributed by atoms with Crippen molar-refractivity contribution < 1.29 is 9.59 Å². The third kappa shape index (κ3) is 4.49. The van der Waals surface area contributed by atoms with Crippen molar-refractivity contribution in [2.75, 3.05) is 16.0 Å². The van der Waals surface area contributed by atoms with Crippen LogP contribution < -0.4 is 16.0 Å². The van der Waals surface area contributed by atoms with Crippen molar-refractivity contribution in [2.24, 2.45) is 0 Å². The summed E-state index contributed by atoms with van der Waals surface area (Å²) in [5, 5.41) is 25.2. The molecule has 8 nitrogen and oxygen atoms in total. The highest BCUT2D eigenvalue weighted by Crippen LogP contribution is 2.17. The van der Waals surface area contributed by atoms with Gasteiger partial charge in [0.2, 0.25) is 5.91 Å². The van der Waals surface area contributed by atoms with Crippen molar-refractivity contribution in [3.63, 3.8) is 0 Å². The number of hydrogen-bond acceptors (Lipinski definition) is 5. The highest BCUT2D eigenvalue weighted by atomic mass is 16.2. The van der Waals surface area contributed by atoms with Crippen LogP contribution in [-0.4, -0.2) is 22.0 Å². The molecule has 2 amide bonds. The second-order valence-electron chi connectivity index (χ2n) is 5.70. The van der Waals surface area contributed by atoms with E-state index in [1.165, 1.54) is 13.1 Å². The Balaban J connectivity index is 1.67. The number of aromatic amines is 1. The molecule has 4 N–H and O–H groups in total. The molecule has 3 aromatic rings. The molecule has 0 saturated heterocycles. The summed E-state index contributed by atoms with van der Waals surface area (Å²) in [5.41, 5.74) is 2.61. The van der Waals surface area contributed by atoms with Gasteiger partial charge in [-0.3, -0.25) is 14.7 Å². The molecule has 0 fully saturated rings. The van der Waals surface area contributed by atoms with E-state index < -0.39 is 5.91 Å². The van der Waals surface area contributed by atoms with Crippen LogP contribution in [0.3, 0.4) is 0 Å². The fraction of sp³-hybridized carbons (Fsp3) is 0.0526. The van der Waals surface area contributed by atoms with Crippen molar-refractivity contribution in [2.45, 2.75) is 6.92 Å². The van der Waals surface area contributed by atoms with Gasteiger partial charge in [0.1, 0.15) is 11.6 Å². The minimum absolute atomic E-state index is 0.0781. The van der Waals surface area contributed by atoms with Crippen LogP contribution in [0.15, 0.2) is 60.4 Å². The predicted octanol–water partition coefficient (Wildman–Crippen LogP) is 2.98. The number of carbonyl (C=O) groups is 2. The fourth-order valence-electron chi connectivity index (χ4n) is 2.37. The van der Waals surface area contributed by atoms with Crippen LogP contribution in [0.5, 0.6) is 0 Å². The maximum absolute atomic E-state index is 12.3. The molecule has 0 atom stereocenters. The Bertz CT molecular complexity index is 1060. The van der Waals surface area contributed by atoms with Gasteiger partial charge in [-0.1, -0.05) is 0 Å². The number of carbonyl (C=O) groups excluding carboxylic acids is 2. The van der Waals surface area contributed by atoms with Crippen molar-refractivity contribution in [1.82, 2.24) is 10.2 Å². The van der Waals surface area contributed by atoms with Crippen molar-refractivity contribution in [3.8, 4) is 6.07 Å². The summed E-state index contributed by atoms with van der Waals surface area (Å²) in [6, 6.07) is 14.0. The molecule has 0 aliphatic rings. The summed E-state index contributed by atoms with van der Waals surface area (Å²) >= 11 is 0. The molecular formula is C19H16N6O2. The molecule has 0 unspecified atom stereocenters. The molecular weight excluding hydrogens is 344 g/mol. The number of aromatic nitrogens is 2. The van der Waals surface area contributed by atoms with E-state index in [1.807, 2.05) is 24.3 Å². The number of H-pyrrole nitrogens is 1. The average Bonchev–Trinajstić information content (AvgIpc) is 3.11. The van der Waals surface area contributed by atoms with Gasteiger partial charge in [0.15, 0.2) is 0 Å². The Morgan fingerprint density at radius 3 is 2.41 bits per heavy atom. The maximum Gasteiger partial charge on any atom is 0.267 e. The lowest BCUT2D eigenvalue weighted by Gasteiger charge is -2.07. The van der Waals surface area contributed by atoms with Gasteiger partial charge in [0.05, 0.1) is 11.7 Å². The van der Waals surface area contributed by atoms with E-state index in [1.54, 1.807) is 30.5 Å². The smallest absolute Gasteiger partial charge is 0.267 e. The van der Waals surface area contributed by atoms with Crippen molar-refractivity contribution in [1.29, 1.82) is 5.26 Å². The SMILES string of the molecule is CC(=O)Nc1ccc(NC(=O)/C(C#N)=C\Nc2ccc3cn[nH]c3c2)cc1. The summed E-state index contributed by atoms with van der Waals surface area (Å²) in [5.74, 6) is -0.722. The molecule has 0 spiro atoms. The first-order chi connectivity index (χ1) is 13.0. The first-order valence-corrected chi connectivity index (χ1v) is 8.04. The van der Waals surface area contributed by atoms with Gasteiger partial charge in [-0.05, 0) is 42.5 Å². The van der Waals surface area contributed by atoms with Gasteiger partial charge in [-0.2, -0.15) is 10.4 Å². The predicted molar refractivity (Wildman–Crippen MR) is 103 cm³/mol. The summed E-state index contributed by atoms with van der Waals surface area (Å²) < 4.78 is 0. The second kappa shape index (κ2) is 7.84. The minimum atomic E-state index is -0.542. The molecule has 1 aromatic heterocycles. The third-order valence-corrected chi connectivity index (χ3v) is 3.65. The second-order valence-corrected chi connectivity index (χ2v) is 5.70. The molecule has 2 aromatic carbocycles. The van der Waals surface area contributed by atoms with E-state index in [9.17, 15) is 14.9 Å². The number of amides is 2. The van der Waals surface area contributed by atoms with E-state index in [2.05, 4.69) is 26.1 Å². The van der Waals surface area contributed by atoms with Gasteiger partial charge >= 0.3 is 0 Å². The number of benzene rings is 2. The Morgan fingerprint density at radius 1 is 1.07 bits per heavy atom. The first-order valence-electron chi connectivity index (χ1n) is 8.04. The third-order valence-electron chi connectivity index (χ3n) is 3.65. The lowest BCUT2D eigenvalue weighted by molar-refractivity contribution is -0.114. The van der Waals surface area contributed by atoms with E-state index >= 15 is 0 Å². The van der Waals surface area contributed by atoms with Crippen LogP contribution in [0.1, 0.15) is 6.92 Å². The number of nitriles is 1. The number of nitrogens with zero attached hydrogens (tertiary/aromatic N) is 2. The van der Waals surface area contributed by atoms with Gasteiger partial charge in [-0.15, -0.1) is 0 Å². The van der Waals surface area contributed by atoms with Gasteiger partial charge in [0.25, 0.3) is 5.91 Å². The summed E-state index contributed by atoms with van der Waals surface area (Å²) in [6.45, 7) is 1.41. The monoisotopic (exact) mass is 360 g/mol. The van der Waals surface area contributed by atoms with E-state index in [4.69, 9.17) is 0 Å². The zero-order valence-electron chi connectivity index (χ0n) is 14.4. The number of rotatable bonds is 5. The van der Waals surface area contributed by atoms with Crippen LogP contribution >= 0.6 is 0 Å². The molecule has 0 saturated carbocycles. The van der Waals surface area contributed by atoms with Crippen LogP contribution in [-0.2, 0) is 9.59 Å². The Hall–Kier alpha value is -4.12. The summed E-state index contributed by atoms with van der Waals surface area (Å²) in [6.07, 6.45) is 3.05. The molecule has 8 heteroatoms. The Labute approximate surface area is 154 Å². The largest absolute Gasteiger partial charge is 0.360 e. The number of nitrogens with one attached hydrogen (secondary N) is 4. The van der Waals surface area contributed by atoms with Gasteiger partial charge in [-0.25, -0.2) is 0 Å². The highest BCUT2D eigenvalue weighted by Gasteiger charge is 2.09. The maximum atomic E-state index is 12.3. The van der Waals surface area contributed by atoms with E-state index in [-0.39, 0.29) is 11.5 Å². The van der Waals surface area contributed by atoms with Crippen molar-refractivity contribution in [3.05, 3.63) is 60.4 Å². The fourth-order valence-corrected chi connectivity index (χ4v) is 2.37. The lowest BCUT2D eigenvalue weighted by Crippen LogP contribution is -2.14. The van der Waals surface area contributed by atoms with Crippen LogP contribution in [0.4, 0.5) is 17.1 Å². The lowest BCUT2D eigenvalue weighted by atomic mass is 10.2. The molecule has 3 rings (SSSR count). The molecule has 27 heavy (non-hydrogen) atoms. The molecule has 0 radical (unpaired) electrons. The molecule has 0 aliphatic heterocycles. The summed E-state index contributed by atoms with van der Waals surface area (Å²) in [7, 11) is 0. The van der Waals surface area contributed by atoms with Crippen molar-refractivity contribution >= 4 is 39.8 Å². The normalized spacial score (nSPS) is 10.9. The van der Waals surface area contributed by atoms with Crippen LogP contribution in [0, 0.1) is 11.3 Å². The average molecular weight is 360 g/mol. The molecule has 1 heterocycles. The van der Waals surface area contributed by atoms with Gasteiger partial charge < -0.3 is 16.0 Å². The molecule has 0 bridgehead atoms. The van der Waals surface area contributed by atoms with Gasteiger partial charge in [0, 0.05) is 35.6 Å². The topological polar surface area (TPSA) is 123 Å². The number of hydrogen-bond donors (Lipinski definition) is 4. The first kappa shape index (κ1) is 17.7. The summed E-state index contributed by atoms with van der Waals surface area (Å²) in [4.78, 5) is 23.3. The van der Waals surface area contributed by atoms with E-state index in [0.29, 0.717) is 17.1 Å². The standard InChI is InChI=1S/C19H16N6O2/c1-12(26)23-15-4-6-16(7-5-15)24-19(27)14(9-20)10-21-17-3-2-13-11-22-25-18(13)8-17/h2-8,10-11,21H,1H3,(H,22,25)(H,23,26)(H,24,27)/b14-10-. The minimum Gasteiger partial charge on any atom is -0.360 e. The van der Waals surface area contributed by atoms with Crippen LogP contribution in [0.2, 0.25) is 0 Å². The van der Waals surface area contributed by atoms with Crippen LogP contribution in [0.25, 0.3) is 10.9 Å². The molecule has 134 valence electrons. The highest BCUT2D eigenvalue weighted by molar-refractivity contribution is 6.06. The Morgan fingerprint density at radius 2 is 1.74 bits per heavy atom. The number of fused-ring (bicyclic) bond motifs is 1. The zero-order valence-corrected chi connectivity index (χ0v) is 14.4. The quantitative estimate of drug-likeness (QED) is 0.411. The Kier molecular flexibility index (Phi) is 5.14. The van der Waals surface area contributed by atoms with E-state index in [0.717, 1.165) is 10.9 Å². The molecule has 0 aliphatic carbocycles.